The number of ether oxygens (including phenoxy) is 2. The summed E-state index contributed by atoms with van der Waals surface area (Å²) in [5, 5.41) is 0.788. The minimum atomic E-state index is -0.125. The molecule has 0 bridgehead atoms. The second-order valence-electron chi connectivity index (χ2n) is 6.46. The predicted molar refractivity (Wildman–Crippen MR) is 103 cm³/mol. The zero-order valence-corrected chi connectivity index (χ0v) is 15.7. The molecule has 3 aromatic rings. The van der Waals surface area contributed by atoms with Crippen LogP contribution in [-0.2, 0) is 13.6 Å². The Labute approximate surface area is 152 Å². The van der Waals surface area contributed by atoms with Gasteiger partial charge in [0.05, 0.1) is 14.2 Å². The summed E-state index contributed by atoms with van der Waals surface area (Å²) in [6, 6.07) is 7.68. The first-order valence-corrected chi connectivity index (χ1v) is 8.30. The first-order chi connectivity index (χ1) is 12.5. The molecule has 136 valence electrons. The summed E-state index contributed by atoms with van der Waals surface area (Å²) in [5.74, 6) is 1.51. The number of aromatic nitrogens is 2. The van der Waals surface area contributed by atoms with E-state index in [1.54, 1.807) is 32.0 Å². The third-order valence-corrected chi connectivity index (χ3v) is 4.32. The molecule has 0 aliphatic heterocycles. The molecular formula is C20H23N3O3. The highest BCUT2D eigenvalue weighted by atomic mass is 16.5. The molecule has 0 fully saturated rings. The molecule has 3 rings (SSSR count). The molecule has 0 amide bonds. The largest absolute Gasteiger partial charge is 0.496 e. The molecule has 0 saturated carbocycles. The fraction of sp³-hybridized carbons (Fsp3) is 0.300. The number of benzene rings is 1. The van der Waals surface area contributed by atoms with Crippen molar-refractivity contribution in [3.63, 3.8) is 0 Å². The molecule has 0 radical (unpaired) electrons. The highest BCUT2D eigenvalue weighted by Gasteiger charge is 2.17. The Morgan fingerprint density at radius 2 is 1.85 bits per heavy atom. The van der Waals surface area contributed by atoms with E-state index in [4.69, 9.17) is 9.47 Å². The van der Waals surface area contributed by atoms with E-state index in [1.807, 2.05) is 44.6 Å². The number of nitrogens with zero attached hydrogens (tertiary/aromatic N) is 3. The molecule has 2 heterocycles. The summed E-state index contributed by atoms with van der Waals surface area (Å²) in [5.41, 5.74) is 3.08. The minimum absolute atomic E-state index is 0.125. The third-order valence-electron chi connectivity index (χ3n) is 4.32. The molecule has 0 unspecified atom stereocenters. The zero-order valence-electron chi connectivity index (χ0n) is 15.7. The summed E-state index contributed by atoms with van der Waals surface area (Å²) in [7, 11) is 9.04. The van der Waals surface area contributed by atoms with Gasteiger partial charge in [0.15, 0.2) is 0 Å². The predicted octanol–water partition coefficient (Wildman–Crippen LogP) is 2.68. The third kappa shape index (κ3) is 3.15. The molecule has 26 heavy (non-hydrogen) atoms. The number of pyridine rings is 2. The second-order valence-corrected chi connectivity index (χ2v) is 6.46. The molecule has 0 saturated heterocycles. The Kier molecular flexibility index (Phi) is 4.95. The Balaban J connectivity index is 2.32. The van der Waals surface area contributed by atoms with Gasteiger partial charge in [0.25, 0.3) is 5.56 Å². The van der Waals surface area contributed by atoms with Crippen LogP contribution in [0.15, 0.2) is 41.5 Å². The standard InChI is InChI=1S/C20H23N3O3/c1-22(2)11-13-9-18(26-5)15(10-17(13)25-4)16-12-23(3)20(24)19-14(16)7-6-8-21-19/h6-10,12H,11H2,1-5H3. The average Bonchev–Trinajstić information content (AvgIpc) is 2.64. The first-order valence-electron chi connectivity index (χ1n) is 8.30. The van der Waals surface area contributed by atoms with Crippen LogP contribution < -0.4 is 15.0 Å². The van der Waals surface area contributed by atoms with Gasteiger partial charge < -0.3 is 18.9 Å². The van der Waals surface area contributed by atoms with Crippen LogP contribution in [0.5, 0.6) is 11.5 Å². The van der Waals surface area contributed by atoms with Gasteiger partial charge in [-0.25, -0.2) is 0 Å². The highest BCUT2D eigenvalue weighted by Crippen LogP contribution is 2.38. The van der Waals surface area contributed by atoms with Gasteiger partial charge in [-0.2, -0.15) is 0 Å². The zero-order chi connectivity index (χ0) is 18.8. The van der Waals surface area contributed by atoms with Crippen molar-refractivity contribution in [1.82, 2.24) is 14.5 Å². The van der Waals surface area contributed by atoms with Gasteiger partial charge in [0.2, 0.25) is 0 Å². The van der Waals surface area contributed by atoms with Crippen LogP contribution in [-0.4, -0.2) is 42.8 Å². The molecule has 0 aliphatic rings. The molecule has 6 heteroatoms. The quantitative estimate of drug-likeness (QED) is 0.706. The number of fused-ring (bicyclic) bond motifs is 1. The van der Waals surface area contributed by atoms with Crippen LogP contribution in [0.2, 0.25) is 0 Å². The Hall–Kier alpha value is -2.86. The van der Waals surface area contributed by atoms with Gasteiger partial charge in [-0.1, -0.05) is 6.07 Å². The summed E-state index contributed by atoms with van der Waals surface area (Å²) < 4.78 is 12.8. The van der Waals surface area contributed by atoms with E-state index < -0.39 is 0 Å². The van der Waals surface area contributed by atoms with Crippen molar-refractivity contribution in [2.45, 2.75) is 6.54 Å². The number of methoxy groups -OCH3 is 2. The monoisotopic (exact) mass is 353 g/mol. The van der Waals surface area contributed by atoms with Crippen molar-refractivity contribution in [2.24, 2.45) is 7.05 Å². The summed E-state index contributed by atoms with van der Waals surface area (Å²) in [6.07, 6.45) is 3.45. The average molecular weight is 353 g/mol. The van der Waals surface area contributed by atoms with Gasteiger partial charge in [0.1, 0.15) is 17.0 Å². The van der Waals surface area contributed by atoms with Crippen LogP contribution in [0.4, 0.5) is 0 Å². The Bertz CT molecular complexity index is 1010. The molecular weight excluding hydrogens is 330 g/mol. The van der Waals surface area contributed by atoms with Gasteiger partial charge in [-0.15, -0.1) is 0 Å². The van der Waals surface area contributed by atoms with E-state index in [1.165, 1.54) is 0 Å². The maximum Gasteiger partial charge on any atom is 0.276 e. The summed E-state index contributed by atoms with van der Waals surface area (Å²) in [6.45, 7) is 0.732. The van der Waals surface area contributed by atoms with Gasteiger partial charge in [0, 0.05) is 48.1 Å². The van der Waals surface area contributed by atoms with Crippen molar-refractivity contribution < 1.29 is 9.47 Å². The fourth-order valence-electron chi connectivity index (χ4n) is 3.13. The van der Waals surface area contributed by atoms with Gasteiger partial charge in [-0.05, 0) is 32.3 Å². The summed E-state index contributed by atoms with van der Waals surface area (Å²) >= 11 is 0. The van der Waals surface area contributed by atoms with Crippen molar-refractivity contribution in [2.75, 3.05) is 28.3 Å². The number of rotatable bonds is 5. The molecule has 0 aliphatic carbocycles. The maximum atomic E-state index is 12.4. The van der Waals surface area contributed by atoms with Gasteiger partial charge >= 0.3 is 0 Å². The van der Waals surface area contributed by atoms with Crippen molar-refractivity contribution in [3.8, 4) is 22.6 Å². The van der Waals surface area contributed by atoms with Gasteiger partial charge in [-0.3, -0.25) is 9.78 Å². The van der Waals surface area contributed by atoms with E-state index in [0.29, 0.717) is 5.52 Å². The number of hydrogen-bond donors (Lipinski definition) is 0. The smallest absolute Gasteiger partial charge is 0.276 e. The SMILES string of the molecule is COc1cc(-c2cn(C)c(=O)c3ncccc23)c(OC)cc1CN(C)C. The Morgan fingerprint density at radius 1 is 1.12 bits per heavy atom. The van der Waals surface area contributed by atoms with Crippen LogP contribution in [0.1, 0.15) is 5.56 Å². The lowest BCUT2D eigenvalue weighted by Gasteiger charge is -2.18. The Morgan fingerprint density at radius 3 is 2.50 bits per heavy atom. The van der Waals surface area contributed by atoms with Crippen molar-refractivity contribution in [3.05, 3.63) is 52.6 Å². The molecule has 1 aromatic carbocycles. The molecule has 0 atom stereocenters. The van der Waals surface area contributed by atoms with E-state index in [-0.39, 0.29) is 5.56 Å². The fourth-order valence-corrected chi connectivity index (χ4v) is 3.13. The lowest BCUT2D eigenvalue weighted by atomic mass is 9.99. The van der Waals surface area contributed by atoms with E-state index in [0.717, 1.165) is 40.1 Å². The van der Waals surface area contributed by atoms with Crippen LogP contribution in [0.25, 0.3) is 22.0 Å². The second kappa shape index (κ2) is 7.17. The van der Waals surface area contributed by atoms with E-state index in [9.17, 15) is 4.79 Å². The molecule has 2 aromatic heterocycles. The number of hydrogen-bond acceptors (Lipinski definition) is 5. The molecule has 6 nitrogen and oxygen atoms in total. The van der Waals surface area contributed by atoms with Crippen LogP contribution in [0, 0.1) is 0 Å². The summed E-state index contributed by atoms with van der Waals surface area (Å²) in [4.78, 5) is 18.7. The van der Waals surface area contributed by atoms with E-state index >= 15 is 0 Å². The van der Waals surface area contributed by atoms with Crippen molar-refractivity contribution in [1.29, 1.82) is 0 Å². The normalized spacial score (nSPS) is 11.2. The van der Waals surface area contributed by atoms with Crippen LogP contribution >= 0.6 is 0 Å². The molecule has 0 N–H and O–H groups in total. The van der Waals surface area contributed by atoms with Crippen LogP contribution in [0.3, 0.4) is 0 Å². The highest BCUT2D eigenvalue weighted by molar-refractivity contribution is 5.95. The molecule has 0 spiro atoms. The van der Waals surface area contributed by atoms with E-state index in [2.05, 4.69) is 9.88 Å². The topological polar surface area (TPSA) is 56.6 Å². The lowest BCUT2D eigenvalue weighted by molar-refractivity contribution is 0.367. The first kappa shape index (κ1) is 17.9. The minimum Gasteiger partial charge on any atom is -0.496 e. The maximum absolute atomic E-state index is 12.4. The lowest BCUT2D eigenvalue weighted by Crippen LogP contribution is -2.17. The van der Waals surface area contributed by atoms with Crippen molar-refractivity contribution >= 4 is 10.9 Å². The number of aryl methyl sites for hydroxylation is 1.